The molecule has 2 aliphatic heterocycles. The van der Waals surface area contributed by atoms with Gasteiger partial charge in [0.1, 0.15) is 5.76 Å². The highest BCUT2D eigenvalue weighted by Crippen LogP contribution is 2.32. The number of amidine groups is 2. The first-order valence-electron chi connectivity index (χ1n) is 8.84. The molecular formula is C19H16N4O4S3. The van der Waals surface area contributed by atoms with Crippen LogP contribution >= 0.6 is 23.5 Å². The largest absolute Gasteiger partial charge is 0.450 e. The van der Waals surface area contributed by atoms with Crippen molar-refractivity contribution in [2.45, 2.75) is 23.8 Å². The molecule has 0 bridgehead atoms. The van der Waals surface area contributed by atoms with E-state index in [1.165, 1.54) is 24.8 Å². The van der Waals surface area contributed by atoms with Crippen LogP contribution in [0.1, 0.15) is 18.2 Å². The molecule has 2 aromatic rings. The molecule has 154 valence electrons. The summed E-state index contributed by atoms with van der Waals surface area (Å²) in [7, 11) is -3.56. The molecule has 1 aromatic carbocycles. The number of fused-ring (bicyclic) bond motifs is 1. The van der Waals surface area contributed by atoms with Crippen molar-refractivity contribution in [1.29, 1.82) is 5.41 Å². The number of carbonyl (C=O) groups is 1. The monoisotopic (exact) mass is 460 g/mol. The van der Waals surface area contributed by atoms with Gasteiger partial charge in [-0.3, -0.25) is 10.2 Å². The molecule has 0 saturated heterocycles. The van der Waals surface area contributed by atoms with Gasteiger partial charge in [0, 0.05) is 4.90 Å². The molecule has 0 radical (unpaired) electrons. The number of sulfone groups is 1. The van der Waals surface area contributed by atoms with Crippen molar-refractivity contribution >= 4 is 60.7 Å². The molecule has 1 N–H and O–H groups in total. The Morgan fingerprint density at radius 1 is 1.23 bits per heavy atom. The Kier molecular flexibility index (Phi) is 5.43. The number of benzene rings is 1. The maximum Gasteiger partial charge on any atom is 0.283 e. The Hall–Kier alpha value is -2.63. The van der Waals surface area contributed by atoms with Gasteiger partial charge in [0.05, 0.1) is 11.3 Å². The van der Waals surface area contributed by atoms with Crippen LogP contribution in [0.3, 0.4) is 0 Å². The summed E-state index contributed by atoms with van der Waals surface area (Å²) < 4.78 is 29.7. The Labute approximate surface area is 181 Å². The first-order chi connectivity index (χ1) is 14.3. The summed E-state index contributed by atoms with van der Waals surface area (Å²) in [6.45, 7) is 3.52. The first kappa shape index (κ1) is 20.6. The average Bonchev–Trinajstić information content (AvgIpc) is 3.34. The molecule has 1 amide bonds. The van der Waals surface area contributed by atoms with Crippen LogP contribution in [-0.2, 0) is 14.6 Å². The molecule has 11 heteroatoms. The van der Waals surface area contributed by atoms with Gasteiger partial charge in [0.25, 0.3) is 5.91 Å². The van der Waals surface area contributed by atoms with Gasteiger partial charge in [-0.25, -0.2) is 8.42 Å². The van der Waals surface area contributed by atoms with E-state index in [-0.39, 0.29) is 26.7 Å². The van der Waals surface area contributed by atoms with Crippen molar-refractivity contribution in [2.75, 3.05) is 5.75 Å². The molecule has 4 rings (SSSR count). The van der Waals surface area contributed by atoms with Crippen LogP contribution in [0.2, 0.25) is 0 Å². The summed E-state index contributed by atoms with van der Waals surface area (Å²) in [5.74, 6) is -0.637. The van der Waals surface area contributed by atoms with Gasteiger partial charge in [-0.05, 0) is 49.0 Å². The van der Waals surface area contributed by atoms with E-state index in [0.29, 0.717) is 10.9 Å². The Balaban J connectivity index is 1.58. The lowest BCUT2D eigenvalue weighted by Crippen LogP contribution is -2.35. The maximum atomic E-state index is 12.4. The second-order valence-electron chi connectivity index (χ2n) is 6.36. The number of nitrogens with one attached hydrogen (secondary N) is 1. The predicted octanol–water partition coefficient (Wildman–Crippen LogP) is 3.75. The van der Waals surface area contributed by atoms with E-state index in [1.807, 2.05) is 31.2 Å². The predicted molar refractivity (Wildman–Crippen MR) is 118 cm³/mol. The molecule has 2 aliphatic rings. The summed E-state index contributed by atoms with van der Waals surface area (Å²) >= 11 is 2.21. The van der Waals surface area contributed by atoms with Gasteiger partial charge in [0.2, 0.25) is 19.4 Å². The summed E-state index contributed by atoms with van der Waals surface area (Å²) in [5.41, 5.74) is 1.13. The number of hydrogen-bond acceptors (Lipinski definition) is 8. The van der Waals surface area contributed by atoms with Crippen molar-refractivity contribution in [2.24, 2.45) is 10.1 Å². The number of nitrogens with zero attached hydrogens (tertiary/aromatic N) is 3. The molecule has 8 nitrogen and oxygen atoms in total. The number of rotatable bonds is 4. The molecule has 0 aliphatic carbocycles. The summed E-state index contributed by atoms with van der Waals surface area (Å²) in [6, 6.07) is 11.5. The SMILES string of the molecule is CCS(=O)(=O)C1=NN2C(=N)/C(=C\c3ccc(Sc4ccc(C)cc4)o3)C(=O)N=C2S1. The number of aliphatic imine (C=N–C) groups is 1. The lowest BCUT2D eigenvalue weighted by Gasteiger charge is -2.19. The number of hydrazone groups is 1. The number of carbonyl (C=O) groups excluding carboxylic acids is 1. The zero-order valence-corrected chi connectivity index (χ0v) is 18.4. The van der Waals surface area contributed by atoms with E-state index in [9.17, 15) is 13.2 Å². The highest BCUT2D eigenvalue weighted by molar-refractivity contribution is 8.42. The normalized spacial score (nSPS) is 17.9. The fourth-order valence-corrected chi connectivity index (χ4v) is 5.50. The highest BCUT2D eigenvalue weighted by atomic mass is 32.3. The van der Waals surface area contributed by atoms with Crippen molar-refractivity contribution in [1.82, 2.24) is 5.01 Å². The zero-order chi connectivity index (χ0) is 21.5. The van der Waals surface area contributed by atoms with Crippen LogP contribution in [0.25, 0.3) is 6.08 Å². The second kappa shape index (κ2) is 7.89. The molecule has 0 spiro atoms. The van der Waals surface area contributed by atoms with Gasteiger partial charge < -0.3 is 4.42 Å². The first-order valence-corrected chi connectivity index (χ1v) is 12.1. The molecule has 3 heterocycles. The zero-order valence-electron chi connectivity index (χ0n) is 15.9. The third kappa shape index (κ3) is 4.00. The van der Waals surface area contributed by atoms with Crippen LogP contribution < -0.4 is 0 Å². The summed E-state index contributed by atoms with van der Waals surface area (Å²) in [4.78, 5) is 17.3. The van der Waals surface area contributed by atoms with Crippen molar-refractivity contribution in [3.8, 4) is 0 Å². The standard InChI is InChI=1S/C19H16N4O4S3/c1-3-30(25,26)19-22-23-16(20)14(17(24)21-18(23)29-19)10-12-6-9-15(27-12)28-13-7-4-11(2)5-8-13/h4-10,20H,3H2,1-2H3/b14-10+,20-16?. The highest BCUT2D eigenvalue weighted by Gasteiger charge is 2.39. The second-order valence-corrected chi connectivity index (χ2v) is 10.8. The topological polar surface area (TPSA) is 116 Å². The van der Waals surface area contributed by atoms with E-state index >= 15 is 0 Å². The minimum Gasteiger partial charge on any atom is -0.450 e. The van der Waals surface area contributed by atoms with Gasteiger partial charge >= 0.3 is 0 Å². The fraction of sp³-hybridized carbons (Fsp3) is 0.158. The molecule has 30 heavy (non-hydrogen) atoms. The molecule has 1 aromatic heterocycles. The van der Waals surface area contributed by atoms with Gasteiger partial charge in [-0.1, -0.05) is 36.4 Å². The molecule has 0 fully saturated rings. The molecular weight excluding hydrogens is 444 g/mol. The Morgan fingerprint density at radius 2 is 1.97 bits per heavy atom. The average molecular weight is 461 g/mol. The minimum absolute atomic E-state index is 0.0283. The van der Waals surface area contributed by atoms with E-state index < -0.39 is 15.7 Å². The molecule has 0 unspecified atom stereocenters. The summed E-state index contributed by atoms with van der Waals surface area (Å²) in [5, 5.41) is 14.0. The number of aryl methyl sites for hydroxylation is 1. The van der Waals surface area contributed by atoms with E-state index in [0.717, 1.165) is 27.2 Å². The van der Waals surface area contributed by atoms with Gasteiger partial charge in [0.15, 0.2) is 10.9 Å². The van der Waals surface area contributed by atoms with Crippen molar-refractivity contribution in [3.63, 3.8) is 0 Å². The number of furan rings is 1. The Bertz CT molecular complexity index is 1240. The smallest absolute Gasteiger partial charge is 0.283 e. The number of amides is 1. The van der Waals surface area contributed by atoms with Crippen LogP contribution in [0.15, 0.2) is 66.5 Å². The minimum atomic E-state index is -3.56. The summed E-state index contributed by atoms with van der Waals surface area (Å²) in [6.07, 6.45) is 1.41. The van der Waals surface area contributed by atoms with E-state index in [1.54, 1.807) is 12.1 Å². The van der Waals surface area contributed by atoms with Crippen LogP contribution in [0, 0.1) is 12.3 Å². The molecule has 0 saturated carbocycles. The quantitative estimate of drug-likeness (QED) is 0.691. The Morgan fingerprint density at radius 3 is 2.67 bits per heavy atom. The lowest BCUT2D eigenvalue weighted by atomic mass is 10.1. The van der Waals surface area contributed by atoms with Crippen LogP contribution in [0.5, 0.6) is 0 Å². The third-order valence-corrected chi connectivity index (χ3v) is 8.23. The van der Waals surface area contributed by atoms with Crippen molar-refractivity contribution < 1.29 is 17.6 Å². The van der Waals surface area contributed by atoms with Crippen molar-refractivity contribution in [3.05, 3.63) is 53.3 Å². The van der Waals surface area contributed by atoms with Crippen LogP contribution in [0.4, 0.5) is 0 Å². The van der Waals surface area contributed by atoms with Gasteiger partial charge in [-0.2, -0.15) is 10.0 Å². The number of hydrogen-bond donors (Lipinski definition) is 1. The fourth-order valence-electron chi connectivity index (χ4n) is 2.56. The van der Waals surface area contributed by atoms with Crippen LogP contribution in [-0.4, -0.2) is 40.5 Å². The maximum absolute atomic E-state index is 12.4. The molecule has 0 atom stereocenters. The lowest BCUT2D eigenvalue weighted by molar-refractivity contribution is -0.114. The third-order valence-electron chi connectivity index (χ3n) is 4.21. The van der Waals surface area contributed by atoms with E-state index in [2.05, 4.69) is 10.1 Å². The van der Waals surface area contributed by atoms with E-state index in [4.69, 9.17) is 9.83 Å². The van der Waals surface area contributed by atoms with Gasteiger partial charge in [-0.15, -0.1) is 5.10 Å². The number of thioether (sulfide) groups is 1.